The Labute approximate surface area is 176 Å². The van der Waals surface area contributed by atoms with Crippen molar-refractivity contribution in [3.63, 3.8) is 0 Å². The van der Waals surface area contributed by atoms with Crippen molar-refractivity contribution in [1.29, 1.82) is 0 Å². The summed E-state index contributed by atoms with van der Waals surface area (Å²) in [6.45, 7) is 2.98. The lowest BCUT2D eigenvalue weighted by Gasteiger charge is -2.17. The zero-order valence-electron chi connectivity index (χ0n) is 16.6. The maximum Gasteiger partial charge on any atom is 0.325 e. The van der Waals surface area contributed by atoms with Gasteiger partial charge in [0.1, 0.15) is 16.4 Å². The first-order chi connectivity index (χ1) is 14.5. The van der Waals surface area contributed by atoms with Crippen LogP contribution < -0.4 is 10.2 Å². The Balaban J connectivity index is 1.53. The molecule has 1 fully saturated rings. The van der Waals surface area contributed by atoms with E-state index in [1.54, 1.807) is 34.4 Å². The third kappa shape index (κ3) is 3.89. The third-order valence-corrected chi connectivity index (χ3v) is 5.55. The van der Waals surface area contributed by atoms with Crippen LogP contribution in [0, 0.1) is 6.92 Å². The molecule has 0 radical (unpaired) electrons. The predicted octanol–water partition coefficient (Wildman–Crippen LogP) is 1.73. The molecular formula is C19H21N7O3S. The van der Waals surface area contributed by atoms with Crippen molar-refractivity contribution < 1.29 is 14.7 Å². The zero-order chi connectivity index (χ0) is 21.3. The second-order valence-corrected chi connectivity index (χ2v) is 7.72. The molecule has 2 N–H and O–H groups in total. The van der Waals surface area contributed by atoms with E-state index in [1.165, 1.54) is 16.2 Å². The highest BCUT2D eigenvalue weighted by Crippen LogP contribution is 2.29. The van der Waals surface area contributed by atoms with Crippen molar-refractivity contribution in [2.45, 2.75) is 6.92 Å². The Morgan fingerprint density at radius 1 is 1.37 bits per heavy atom. The summed E-state index contributed by atoms with van der Waals surface area (Å²) in [5.74, 6) is -0.00658. The molecule has 4 rings (SSSR count). The number of carbonyl (C=O) groups is 2. The summed E-state index contributed by atoms with van der Waals surface area (Å²) in [5, 5.41) is 18.7. The molecule has 3 aromatic heterocycles. The normalized spacial score (nSPS) is 13.9. The summed E-state index contributed by atoms with van der Waals surface area (Å²) in [4.78, 5) is 37.0. The van der Waals surface area contributed by atoms with E-state index in [0.29, 0.717) is 24.6 Å². The van der Waals surface area contributed by atoms with E-state index in [-0.39, 0.29) is 30.8 Å². The maximum absolute atomic E-state index is 12.8. The van der Waals surface area contributed by atoms with E-state index in [0.717, 1.165) is 16.3 Å². The van der Waals surface area contributed by atoms with Gasteiger partial charge in [-0.05, 0) is 19.1 Å². The number of nitrogens with one attached hydrogen (secondary N) is 1. The summed E-state index contributed by atoms with van der Waals surface area (Å²) in [6.07, 6.45) is 3.36. The topological polar surface area (TPSA) is 116 Å². The van der Waals surface area contributed by atoms with E-state index >= 15 is 0 Å². The second-order valence-electron chi connectivity index (χ2n) is 6.86. The largest absolute Gasteiger partial charge is 0.395 e. The number of aryl methyl sites for hydroxylation is 2. The zero-order valence-corrected chi connectivity index (χ0v) is 17.4. The van der Waals surface area contributed by atoms with Crippen molar-refractivity contribution in [3.8, 4) is 10.6 Å². The Morgan fingerprint density at radius 3 is 2.97 bits per heavy atom. The van der Waals surface area contributed by atoms with Crippen molar-refractivity contribution in [2.24, 2.45) is 7.05 Å². The number of urea groups is 1. The lowest BCUT2D eigenvalue weighted by Crippen LogP contribution is -2.34. The van der Waals surface area contributed by atoms with Gasteiger partial charge in [0, 0.05) is 49.5 Å². The van der Waals surface area contributed by atoms with Gasteiger partial charge in [0.2, 0.25) is 0 Å². The first-order valence-electron chi connectivity index (χ1n) is 9.37. The van der Waals surface area contributed by atoms with Crippen molar-refractivity contribution in [2.75, 3.05) is 36.5 Å². The molecule has 0 unspecified atom stereocenters. The first-order valence-corrected chi connectivity index (χ1v) is 10.2. The van der Waals surface area contributed by atoms with Gasteiger partial charge in [0.25, 0.3) is 5.91 Å². The molecule has 0 spiro atoms. The lowest BCUT2D eigenvalue weighted by molar-refractivity contribution is 0.102. The fraction of sp³-hybridized carbons (Fsp3) is 0.316. The van der Waals surface area contributed by atoms with Crippen LogP contribution in [0.15, 0.2) is 29.9 Å². The number of aliphatic hydroxyl groups excluding tert-OH is 1. The molecule has 1 aliphatic heterocycles. The quantitative estimate of drug-likeness (QED) is 0.619. The van der Waals surface area contributed by atoms with Crippen LogP contribution in [-0.2, 0) is 7.05 Å². The van der Waals surface area contributed by atoms with Crippen LogP contribution >= 0.6 is 11.3 Å². The number of anilines is 2. The van der Waals surface area contributed by atoms with E-state index < -0.39 is 0 Å². The Hall–Kier alpha value is -3.31. The van der Waals surface area contributed by atoms with E-state index in [4.69, 9.17) is 5.11 Å². The van der Waals surface area contributed by atoms with Gasteiger partial charge in [0.05, 0.1) is 12.8 Å². The molecule has 3 amide bonds. The van der Waals surface area contributed by atoms with Crippen LogP contribution in [0.4, 0.5) is 16.3 Å². The molecule has 0 bridgehead atoms. The summed E-state index contributed by atoms with van der Waals surface area (Å²) < 4.78 is 1.54. The Morgan fingerprint density at radius 2 is 2.20 bits per heavy atom. The minimum absolute atomic E-state index is 0.103. The number of aromatic nitrogens is 4. The number of β-amino-alcohol motifs (C(OH)–C–C–N with tert-alkyl or cyclic N) is 1. The molecule has 0 aromatic carbocycles. The minimum Gasteiger partial charge on any atom is -0.395 e. The summed E-state index contributed by atoms with van der Waals surface area (Å²) >= 11 is 1.38. The molecular weight excluding hydrogens is 406 g/mol. The lowest BCUT2D eigenvalue weighted by atomic mass is 10.2. The van der Waals surface area contributed by atoms with Gasteiger partial charge in [-0.15, -0.1) is 11.3 Å². The number of amides is 3. The van der Waals surface area contributed by atoms with Gasteiger partial charge >= 0.3 is 6.03 Å². The molecule has 4 heterocycles. The number of pyridine rings is 1. The Kier molecular flexibility index (Phi) is 5.46. The number of hydrogen-bond acceptors (Lipinski definition) is 7. The highest BCUT2D eigenvalue weighted by atomic mass is 32.1. The second kappa shape index (κ2) is 8.20. The van der Waals surface area contributed by atoms with Crippen molar-refractivity contribution in [1.82, 2.24) is 24.6 Å². The minimum atomic E-state index is -0.378. The van der Waals surface area contributed by atoms with Crippen LogP contribution in [0.2, 0.25) is 0 Å². The molecule has 0 saturated carbocycles. The van der Waals surface area contributed by atoms with Crippen LogP contribution in [0.5, 0.6) is 0 Å². The molecule has 3 aromatic rings. The van der Waals surface area contributed by atoms with E-state index in [2.05, 4.69) is 20.4 Å². The highest BCUT2D eigenvalue weighted by molar-refractivity contribution is 7.13. The van der Waals surface area contributed by atoms with Crippen LogP contribution in [0.1, 0.15) is 16.2 Å². The Bertz CT molecular complexity index is 1090. The van der Waals surface area contributed by atoms with Crippen LogP contribution in [-0.4, -0.2) is 67.9 Å². The standard InChI is InChI=1S/C19H21N7O3S/c1-12-9-13(3-4-20-12)18-22-15(11-30-18)17(28)21-14-10-24(2)23-16(14)26-6-5-25(7-8-27)19(26)29/h3-4,9-11,27H,5-8H2,1-2H3,(H,21,28). The first kappa shape index (κ1) is 20.0. The summed E-state index contributed by atoms with van der Waals surface area (Å²) in [5.41, 5.74) is 2.49. The average molecular weight is 427 g/mol. The smallest absolute Gasteiger partial charge is 0.325 e. The van der Waals surface area contributed by atoms with Crippen molar-refractivity contribution in [3.05, 3.63) is 41.3 Å². The highest BCUT2D eigenvalue weighted by Gasteiger charge is 2.32. The number of hydrogen-bond donors (Lipinski definition) is 2. The molecule has 30 heavy (non-hydrogen) atoms. The van der Waals surface area contributed by atoms with Gasteiger partial charge in [-0.1, -0.05) is 0 Å². The number of nitrogens with zero attached hydrogens (tertiary/aromatic N) is 6. The molecule has 1 saturated heterocycles. The van der Waals surface area contributed by atoms with Crippen molar-refractivity contribution >= 4 is 34.8 Å². The van der Waals surface area contributed by atoms with Gasteiger partial charge in [-0.2, -0.15) is 5.10 Å². The molecule has 10 nitrogen and oxygen atoms in total. The predicted molar refractivity (Wildman–Crippen MR) is 113 cm³/mol. The number of carbonyl (C=O) groups excluding carboxylic acids is 2. The number of thiazole rings is 1. The summed E-state index contributed by atoms with van der Waals surface area (Å²) in [6, 6.07) is 3.52. The number of rotatable bonds is 6. The summed E-state index contributed by atoms with van der Waals surface area (Å²) in [7, 11) is 1.72. The van der Waals surface area contributed by atoms with Crippen LogP contribution in [0.3, 0.4) is 0 Å². The van der Waals surface area contributed by atoms with Gasteiger partial charge in [0.15, 0.2) is 5.82 Å². The van der Waals surface area contributed by atoms with Gasteiger partial charge < -0.3 is 15.3 Å². The molecule has 156 valence electrons. The molecule has 1 aliphatic rings. The van der Waals surface area contributed by atoms with E-state index in [1.807, 2.05) is 19.1 Å². The van der Waals surface area contributed by atoms with E-state index in [9.17, 15) is 9.59 Å². The fourth-order valence-corrected chi connectivity index (χ4v) is 4.04. The third-order valence-electron chi connectivity index (χ3n) is 4.66. The number of aliphatic hydroxyl groups is 1. The monoisotopic (exact) mass is 427 g/mol. The maximum atomic E-state index is 12.8. The van der Waals surface area contributed by atoms with Crippen LogP contribution in [0.25, 0.3) is 10.6 Å². The molecule has 0 atom stereocenters. The van der Waals surface area contributed by atoms with Gasteiger partial charge in [-0.25, -0.2) is 9.78 Å². The fourth-order valence-electron chi connectivity index (χ4n) is 3.25. The average Bonchev–Trinajstić information content (AvgIpc) is 3.42. The SMILES string of the molecule is Cc1cc(-c2nc(C(=O)Nc3cn(C)nc3N3CCN(CCO)C3=O)cs2)ccn1. The van der Waals surface area contributed by atoms with Gasteiger partial charge in [-0.3, -0.25) is 19.4 Å². The molecule has 0 aliphatic carbocycles. The molecule has 11 heteroatoms.